The molecule has 4 aromatic rings. The maximum Gasteiger partial charge on any atom is 0.0124 e. The number of hydrogen-bond acceptors (Lipinski definition) is 0. The van der Waals surface area contributed by atoms with Crippen molar-refractivity contribution in [3.8, 4) is 22.3 Å². The molecule has 2 aliphatic carbocycles. The Morgan fingerprint density at radius 3 is 1.08 bits per heavy atom. The van der Waals surface area contributed by atoms with E-state index in [-0.39, 0.29) is 17.1 Å². The van der Waals surface area contributed by atoms with E-state index in [9.17, 15) is 0 Å². The third kappa shape index (κ3) is 6.17. The van der Waals surface area contributed by atoms with E-state index in [0.29, 0.717) is 0 Å². The van der Waals surface area contributed by atoms with Crippen molar-refractivity contribution in [3.63, 3.8) is 0 Å². The van der Waals surface area contributed by atoms with Gasteiger partial charge in [0, 0.05) is 28.9 Å². The van der Waals surface area contributed by atoms with Gasteiger partial charge in [0.15, 0.2) is 0 Å². The van der Waals surface area contributed by atoms with E-state index in [2.05, 4.69) is 161 Å². The van der Waals surface area contributed by atoms with Gasteiger partial charge in [-0.25, -0.2) is 0 Å². The van der Waals surface area contributed by atoms with Gasteiger partial charge in [0.25, 0.3) is 0 Å². The van der Waals surface area contributed by atoms with Crippen molar-refractivity contribution in [2.75, 3.05) is 0 Å². The number of hydrogen-bond donors (Lipinski definition) is 0. The molecule has 6 rings (SSSR count). The Morgan fingerprint density at radius 2 is 0.703 bits per heavy atom. The molecule has 4 aromatic carbocycles. The summed E-state index contributed by atoms with van der Waals surface area (Å²) in [6.45, 7) is 0. The molecule has 2 fully saturated rings. The SMILES string of the molecule is [CH]1[CH][CH][C](c2ccc(-c3cccc(/C=C/c4cccc(-c5ccc([C]6[CH][CH][CH][CH]6)cc5)c4)c3)cc2)[CH]1.[Fe]. The average molecular weight is 514 g/mol. The third-order valence-corrected chi connectivity index (χ3v) is 6.67. The van der Waals surface area contributed by atoms with E-state index in [1.165, 1.54) is 56.3 Å². The minimum absolute atomic E-state index is 0. The minimum Gasteiger partial charge on any atom is -0.0611 e. The monoisotopic (exact) mass is 514 g/mol. The van der Waals surface area contributed by atoms with Crippen molar-refractivity contribution < 1.29 is 17.1 Å². The van der Waals surface area contributed by atoms with Crippen LogP contribution in [0.15, 0.2) is 97.1 Å². The van der Waals surface area contributed by atoms with Gasteiger partial charge in [0.2, 0.25) is 0 Å². The molecule has 2 saturated carbocycles. The largest absolute Gasteiger partial charge is 0.0611 e. The Morgan fingerprint density at radius 1 is 0.351 bits per heavy atom. The fraction of sp³-hybridized carbons (Fsp3) is 0. The zero-order valence-electron chi connectivity index (χ0n) is 20.4. The average Bonchev–Trinajstić information content (AvgIpc) is 3.68. The molecule has 1 heteroatoms. The molecule has 0 spiro atoms. The van der Waals surface area contributed by atoms with Gasteiger partial charge in [-0.05, 0) is 108 Å². The van der Waals surface area contributed by atoms with E-state index >= 15 is 0 Å². The van der Waals surface area contributed by atoms with Crippen LogP contribution in [0.4, 0.5) is 0 Å². The predicted octanol–water partition coefficient (Wildman–Crippen LogP) is 8.70. The van der Waals surface area contributed by atoms with Crippen LogP contribution in [-0.2, 0) is 17.1 Å². The standard InChI is InChI=1S/C36H26.Fe/c1-2-10-29(9-1)31-17-21-33(22-18-31)35-13-5-7-27(25-35)15-16-28-8-6-14-36(26-28)34-23-19-32(20-24-34)30-11-3-4-12-30;/h1-26H;/b16-15+;. The molecule has 0 amide bonds. The van der Waals surface area contributed by atoms with E-state index in [0.717, 1.165) is 0 Å². The summed E-state index contributed by atoms with van der Waals surface area (Å²) in [5, 5.41) is 0. The molecule has 0 bridgehead atoms. The molecule has 0 nitrogen and oxygen atoms in total. The summed E-state index contributed by atoms with van der Waals surface area (Å²) >= 11 is 0. The zero-order chi connectivity index (χ0) is 24.2. The van der Waals surface area contributed by atoms with Gasteiger partial charge in [-0.3, -0.25) is 0 Å². The van der Waals surface area contributed by atoms with Crippen LogP contribution in [0.3, 0.4) is 0 Å². The summed E-state index contributed by atoms with van der Waals surface area (Å²) in [6, 6.07) is 35.0. The van der Waals surface area contributed by atoms with Gasteiger partial charge >= 0.3 is 0 Å². The molecule has 0 N–H and O–H groups in total. The number of benzene rings is 4. The molecule has 10 radical (unpaired) electrons. The first-order valence-corrected chi connectivity index (χ1v) is 12.4. The van der Waals surface area contributed by atoms with Crippen molar-refractivity contribution in [1.29, 1.82) is 0 Å². The molecule has 178 valence electrons. The molecule has 0 unspecified atom stereocenters. The van der Waals surface area contributed by atoms with Crippen molar-refractivity contribution in [1.82, 2.24) is 0 Å². The second-order valence-corrected chi connectivity index (χ2v) is 9.09. The maximum absolute atomic E-state index is 2.25. The molecule has 37 heavy (non-hydrogen) atoms. The fourth-order valence-corrected chi connectivity index (χ4v) is 4.68. The van der Waals surface area contributed by atoms with E-state index in [1.807, 2.05) is 0 Å². The quantitative estimate of drug-likeness (QED) is 0.178. The number of rotatable bonds is 6. The zero-order valence-corrected chi connectivity index (χ0v) is 21.5. The molecule has 2 aliphatic rings. The fourth-order valence-electron chi connectivity index (χ4n) is 4.68. The van der Waals surface area contributed by atoms with Crippen LogP contribution >= 0.6 is 0 Å². The molecular weight excluding hydrogens is 488 g/mol. The Bertz CT molecular complexity index is 1210. The van der Waals surface area contributed by atoms with Gasteiger partial charge in [-0.15, -0.1) is 0 Å². The van der Waals surface area contributed by atoms with Crippen LogP contribution in [0.25, 0.3) is 34.4 Å². The molecule has 0 heterocycles. The van der Waals surface area contributed by atoms with E-state index in [4.69, 9.17) is 0 Å². The van der Waals surface area contributed by atoms with E-state index in [1.54, 1.807) is 0 Å². The van der Waals surface area contributed by atoms with Crippen LogP contribution in [0.2, 0.25) is 0 Å². The Kier molecular flexibility index (Phi) is 8.44. The Hall–Kier alpha value is -2.86. The van der Waals surface area contributed by atoms with Gasteiger partial charge in [0.05, 0.1) is 0 Å². The Balaban J connectivity index is 0.00000280. The predicted molar refractivity (Wildman–Crippen MR) is 152 cm³/mol. The van der Waals surface area contributed by atoms with Crippen molar-refractivity contribution in [3.05, 3.63) is 183 Å². The molecule has 0 aromatic heterocycles. The summed E-state index contributed by atoms with van der Waals surface area (Å²) in [4.78, 5) is 0. The molecule has 0 atom stereocenters. The van der Waals surface area contributed by atoms with Crippen molar-refractivity contribution >= 4 is 12.2 Å². The minimum atomic E-state index is 0. The van der Waals surface area contributed by atoms with Gasteiger partial charge in [-0.2, -0.15) is 0 Å². The summed E-state index contributed by atoms with van der Waals surface area (Å²) in [5.41, 5.74) is 9.80. The summed E-state index contributed by atoms with van der Waals surface area (Å²) in [7, 11) is 0. The first-order valence-electron chi connectivity index (χ1n) is 12.4. The molecule has 0 aliphatic heterocycles. The second kappa shape index (κ2) is 12.1. The van der Waals surface area contributed by atoms with Crippen LogP contribution < -0.4 is 0 Å². The van der Waals surface area contributed by atoms with Crippen molar-refractivity contribution in [2.24, 2.45) is 0 Å². The van der Waals surface area contributed by atoms with Crippen molar-refractivity contribution in [2.45, 2.75) is 0 Å². The third-order valence-electron chi connectivity index (χ3n) is 6.67. The van der Waals surface area contributed by atoms with Gasteiger partial charge < -0.3 is 0 Å². The topological polar surface area (TPSA) is 0 Å². The van der Waals surface area contributed by atoms with Gasteiger partial charge in [0.1, 0.15) is 0 Å². The Labute approximate surface area is 233 Å². The maximum atomic E-state index is 2.25. The normalized spacial score (nSPS) is 16.3. The molecular formula is C36H26Fe. The first-order chi connectivity index (χ1) is 17.8. The molecule has 0 saturated heterocycles. The first kappa shape index (κ1) is 25.8. The van der Waals surface area contributed by atoms with Crippen LogP contribution in [0, 0.1) is 63.2 Å². The summed E-state index contributed by atoms with van der Waals surface area (Å²) in [6.07, 6.45) is 21.3. The smallest absolute Gasteiger partial charge is 0.0124 e. The van der Waals surface area contributed by atoms with Crippen LogP contribution in [-0.4, -0.2) is 0 Å². The van der Waals surface area contributed by atoms with Crippen LogP contribution in [0.5, 0.6) is 0 Å². The van der Waals surface area contributed by atoms with E-state index < -0.39 is 0 Å². The summed E-state index contributed by atoms with van der Waals surface area (Å²) < 4.78 is 0. The van der Waals surface area contributed by atoms with Gasteiger partial charge in [-0.1, -0.05) is 97.1 Å². The summed E-state index contributed by atoms with van der Waals surface area (Å²) in [5.74, 6) is 2.52. The second-order valence-electron chi connectivity index (χ2n) is 9.09. The van der Waals surface area contributed by atoms with Crippen LogP contribution in [0.1, 0.15) is 22.3 Å².